The summed E-state index contributed by atoms with van der Waals surface area (Å²) in [5.74, 6) is 0.664. The molecule has 13 heavy (non-hydrogen) atoms. The van der Waals surface area contributed by atoms with Crippen LogP contribution < -0.4 is 0 Å². The number of amides is 2. The minimum atomic E-state index is -0.471. The van der Waals surface area contributed by atoms with Gasteiger partial charge in [0.15, 0.2) is 0 Å². The van der Waals surface area contributed by atoms with Crippen LogP contribution in [0, 0.1) is 5.92 Å². The monoisotopic (exact) mass is 183 g/mol. The van der Waals surface area contributed by atoms with E-state index in [0.717, 1.165) is 12.3 Å². The summed E-state index contributed by atoms with van der Waals surface area (Å²) in [5, 5.41) is 0. The minimum absolute atomic E-state index is 0.0746. The van der Waals surface area contributed by atoms with E-state index < -0.39 is 6.09 Å². The predicted octanol–water partition coefficient (Wildman–Crippen LogP) is 1.16. The van der Waals surface area contributed by atoms with Gasteiger partial charge in [0.2, 0.25) is 5.91 Å². The molecule has 1 saturated carbocycles. The molecule has 1 aliphatic heterocycles. The molecule has 0 unspecified atom stereocenters. The summed E-state index contributed by atoms with van der Waals surface area (Å²) in [6.07, 6.45) is 3.46. The lowest BCUT2D eigenvalue weighted by atomic mass is 10.2. The lowest BCUT2D eigenvalue weighted by Crippen LogP contribution is -2.31. The second kappa shape index (κ2) is 3.36. The van der Waals surface area contributed by atoms with Crippen molar-refractivity contribution < 1.29 is 14.3 Å². The third-order valence-electron chi connectivity index (χ3n) is 2.53. The Morgan fingerprint density at radius 3 is 2.85 bits per heavy atom. The van der Waals surface area contributed by atoms with E-state index >= 15 is 0 Å². The molecule has 4 heteroatoms. The molecule has 1 heterocycles. The van der Waals surface area contributed by atoms with Crippen LogP contribution in [0.5, 0.6) is 0 Å². The second-order valence-corrected chi connectivity index (χ2v) is 3.64. The molecule has 0 aromatic carbocycles. The third kappa shape index (κ3) is 1.99. The molecule has 4 nitrogen and oxygen atoms in total. The average molecular weight is 183 g/mol. The fourth-order valence-electron chi connectivity index (χ4n) is 1.49. The van der Waals surface area contributed by atoms with Crippen LogP contribution in [0.15, 0.2) is 0 Å². The zero-order chi connectivity index (χ0) is 9.26. The fourth-order valence-corrected chi connectivity index (χ4v) is 1.49. The Morgan fingerprint density at radius 1 is 1.54 bits per heavy atom. The van der Waals surface area contributed by atoms with Crippen molar-refractivity contribution in [1.29, 1.82) is 0 Å². The van der Waals surface area contributed by atoms with E-state index in [1.54, 1.807) is 0 Å². The highest BCUT2D eigenvalue weighted by molar-refractivity contribution is 5.92. The SMILES string of the molecule is O=C(CCC1CC1)N1CCOC1=O. The number of carbonyl (C=O) groups excluding carboxylic acids is 2. The summed E-state index contributed by atoms with van der Waals surface area (Å²) < 4.78 is 4.68. The van der Waals surface area contributed by atoms with Gasteiger partial charge in [-0.05, 0) is 12.3 Å². The molecule has 1 aliphatic carbocycles. The van der Waals surface area contributed by atoms with Crippen molar-refractivity contribution in [3.05, 3.63) is 0 Å². The smallest absolute Gasteiger partial charge is 0.416 e. The van der Waals surface area contributed by atoms with Gasteiger partial charge >= 0.3 is 6.09 Å². The van der Waals surface area contributed by atoms with E-state index in [-0.39, 0.29) is 5.91 Å². The maximum atomic E-state index is 11.4. The molecule has 2 rings (SSSR count). The molecular formula is C9H13NO3. The predicted molar refractivity (Wildman–Crippen MR) is 45.0 cm³/mol. The molecular weight excluding hydrogens is 170 g/mol. The van der Waals surface area contributed by atoms with Gasteiger partial charge in [-0.1, -0.05) is 12.8 Å². The lowest BCUT2D eigenvalue weighted by molar-refractivity contribution is -0.127. The number of carbonyl (C=O) groups is 2. The van der Waals surface area contributed by atoms with Crippen LogP contribution in [0.1, 0.15) is 25.7 Å². The van der Waals surface area contributed by atoms with E-state index in [1.807, 2.05) is 0 Å². The highest BCUT2D eigenvalue weighted by Crippen LogP contribution is 2.33. The molecule has 1 saturated heterocycles. The Morgan fingerprint density at radius 2 is 2.31 bits per heavy atom. The van der Waals surface area contributed by atoms with Crippen LogP contribution in [0.3, 0.4) is 0 Å². The first-order valence-electron chi connectivity index (χ1n) is 4.74. The van der Waals surface area contributed by atoms with Gasteiger partial charge in [-0.15, -0.1) is 0 Å². The number of rotatable bonds is 3. The van der Waals surface area contributed by atoms with E-state index in [1.165, 1.54) is 17.7 Å². The quantitative estimate of drug-likeness (QED) is 0.659. The number of hydrogen-bond donors (Lipinski definition) is 0. The maximum Gasteiger partial charge on any atom is 0.416 e. The zero-order valence-electron chi connectivity index (χ0n) is 7.49. The van der Waals surface area contributed by atoms with Gasteiger partial charge in [0.1, 0.15) is 6.61 Å². The van der Waals surface area contributed by atoms with E-state index in [2.05, 4.69) is 4.74 Å². The number of cyclic esters (lactones) is 1. The first kappa shape index (κ1) is 8.53. The summed E-state index contributed by atoms with van der Waals surface area (Å²) >= 11 is 0. The molecule has 0 spiro atoms. The molecule has 2 fully saturated rings. The van der Waals surface area contributed by atoms with Gasteiger partial charge in [0.25, 0.3) is 0 Å². The van der Waals surface area contributed by atoms with Crippen molar-refractivity contribution >= 4 is 12.0 Å². The zero-order valence-corrected chi connectivity index (χ0v) is 7.49. The highest BCUT2D eigenvalue weighted by atomic mass is 16.6. The maximum absolute atomic E-state index is 11.4. The Labute approximate surface area is 76.8 Å². The Bertz CT molecular complexity index is 235. The van der Waals surface area contributed by atoms with Gasteiger partial charge in [-0.25, -0.2) is 9.69 Å². The van der Waals surface area contributed by atoms with Gasteiger partial charge < -0.3 is 4.74 Å². The van der Waals surface area contributed by atoms with Crippen molar-refractivity contribution in [3.63, 3.8) is 0 Å². The van der Waals surface area contributed by atoms with Gasteiger partial charge in [-0.3, -0.25) is 4.79 Å². The summed E-state index contributed by atoms with van der Waals surface area (Å²) in [4.78, 5) is 23.6. The topological polar surface area (TPSA) is 46.6 Å². The first-order chi connectivity index (χ1) is 6.27. The van der Waals surface area contributed by atoms with Crippen LogP contribution in [-0.4, -0.2) is 30.1 Å². The van der Waals surface area contributed by atoms with Crippen LogP contribution in [-0.2, 0) is 9.53 Å². The van der Waals surface area contributed by atoms with Crippen LogP contribution in [0.25, 0.3) is 0 Å². The van der Waals surface area contributed by atoms with Crippen LogP contribution in [0.4, 0.5) is 4.79 Å². The van der Waals surface area contributed by atoms with Crippen molar-refractivity contribution in [2.24, 2.45) is 5.92 Å². The van der Waals surface area contributed by atoms with Crippen molar-refractivity contribution in [1.82, 2.24) is 4.90 Å². The third-order valence-corrected chi connectivity index (χ3v) is 2.53. The number of nitrogens with zero attached hydrogens (tertiary/aromatic N) is 1. The van der Waals surface area contributed by atoms with E-state index in [9.17, 15) is 9.59 Å². The fraction of sp³-hybridized carbons (Fsp3) is 0.778. The van der Waals surface area contributed by atoms with Crippen LogP contribution in [0.2, 0.25) is 0 Å². The number of imide groups is 1. The largest absolute Gasteiger partial charge is 0.447 e. The van der Waals surface area contributed by atoms with E-state index in [4.69, 9.17) is 0 Å². The molecule has 0 bridgehead atoms. The molecule has 0 aromatic rings. The normalized spacial score (nSPS) is 21.8. The molecule has 0 atom stereocenters. The van der Waals surface area contributed by atoms with Crippen molar-refractivity contribution in [2.45, 2.75) is 25.7 Å². The summed E-state index contributed by atoms with van der Waals surface area (Å²) in [6.45, 7) is 0.788. The standard InChI is InChI=1S/C9H13NO3/c11-8(4-3-7-1-2-7)10-5-6-13-9(10)12/h7H,1-6H2. The Hall–Kier alpha value is -1.06. The summed E-state index contributed by atoms with van der Waals surface area (Å²) in [7, 11) is 0. The number of ether oxygens (including phenoxy) is 1. The first-order valence-corrected chi connectivity index (χ1v) is 4.74. The Balaban J connectivity index is 1.77. The highest BCUT2D eigenvalue weighted by Gasteiger charge is 2.29. The van der Waals surface area contributed by atoms with Gasteiger partial charge in [0, 0.05) is 6.42 Å². The minimum Gasteiger partial charge on any atom is -0.447 e. The average Bonchev–Trinajstić information content (AvgIpc) is 2.84. The van der Waals surface area contributed by atoms with Gasteiger partial charge in [0.05, 0.1) is 6.54 Å². The lowest BCUT2D eigenvalue weighted by Gasteiger charge is -2.09. The number of hydrogen-bond acceptors (Lipinski definition) is 3. The molecule has 0 N–H and O–H groups in total. The van der Waals surface area contributed by atoms with Crippen molar-refractivity contribution in [3.8, 4) is 0 Å². The van der Waals surface area contributed by atoms with Crippen molar-refractivity contribution in [2.75, 3.05) is 13.2 Å². The van der Waals surface area contributed by atoms with E-state index in [0.29, 0.717) is 19.6 Å². The van der Waals surface area contributed by atoms with Crippen LogP contribution >= 0.6 is 0 Å². The summed E-state index contributed by atoms with van der Waals surface area (Å²) in [6, 6.07) is 0. The molecule has 72 valence electrons. The summed E-state index contributed by atoms with van der Waals surface area (Å²) in [5.41, 5.74) is 0. The molecule has 0 radical (unpaired) electrons. The van der Waals surface area contributed by atoms with Gasteiger partial charge in [-0.2, -0.15) is 0 Å². The molecule has 2 aliphatic rings. The molecule has 2 amide bonds. The Kier molecular flexibility index (Phi) is 2.20. The molecule has 0 aromatic heterocycles. The second-order valence-electron chi connectivity index (χ2n) is 3.64.